The molecule has 37 heavy (non-hydrogen) atoms. The minimum Gasteiger partial charge on any atom is -0.465 e. The number of anilines is 2. The Kier molecular flexibility index (Phi) is 9.18. The molecule has 4 rings (SSSR count). The Morgan fingerprint density at radius 2 is 1.81 bits per heavy atom. The van der Waals surface area contributed by atoms with Crippen LogP contribution in [-0.2, 0) is 22.4 Å². The minimum absolute atomic E-state index is 0.214. The first-order valence-electron chi connectivity index (χ1n) is 11.8. The second-order valence-electron chi connectivity index (χ2n) is 8.62. The van der Waals surface area contributed by atoms with Gasteiger partial charge in [-0.25, -0.2) is 4.79 Å². The van der Waals surface area contributed by atoms with Crippen molar-refractivity contribution in [2.24, 2.45) is 0 Å². The fourth-order valence-corrected chi connectivity index (χ4v) is 6.84. The van der Waals surface area contributed by atoms with E-state index in [0.29, 0.717) is 26.8 Å². The summed E-state index contributed by atoms with van der Waals surface area (Å²) in [5.41, 5.74) is 2.38. The lowest BCUT2D eigenvalue weighted by atomic mass is 10.1. The number of fused-ring (bicyclic) bond motifs is 1. The summed E-state index contributed by atoms with van der Waals surface area (Å²) in [5.74, 6) is -0.990. The average Bonchev–Trinajstić information content (AvgIpc) is 3.03. The Morgan fingerprint density at radius 1 is 1.03 bits per heavy atom. The second-order valence-corrected chi connectivity index (χ2v) is 12.0. The molecule has 0 fully saturated rings. The van der Waals surface area contributed by atoms with Crippen LogP contribution in [0.15, 0.2) is 47.4 Å². The molecule has 2 aromatic carbocycles. The zero-order chi connectivity index (χ0) is 26.5. The van der Waals surface area contributed by atoms with Gasteiger partial charge in [-0.15, -0.1) is 23.1 Å². The highest BCUT2D eigenvalue weighted by Gasteiger charge is 2.27. The van der Waals surface area contributed by atoms with Gasteiger partial charge < -0.3 is 15.4 Å². The van der Waals surface area contributed by atoms with E-state index in [9.17, 15) is 14.4 Å². The average molecular weight is 578 g/mol. The maximum absolute atomic E-state index is 13.1. The fourth-order valence-electron chi connectivity index (χ4n) is 4.14. The van der Waals surface area contributed by atoms with Crippen molar-refractivity contribution in [3.05, 3.63) is 74.1 Å². The first kappa shape index (κ1) is 27.5. The Hall–Kier alpha value is -2.52. The van der Waals surface area contributed by atoms with Crippen LogP contribution in [-0.4, -0.2) is 30.1 Å². The molecule has 1 aliphatic carbocycles. The molecule has 194 valence electrons. The second kappa shape index (κ2) is 12.3. The van der Waals surface area contributed by atoms with Gasteiger partial charge in [-0.05, 0) is 74.6 Å². The molecule has 1 atom stereocenters. The topological polar surface area (TPSA) is 84.5 Å². The Morgan fingerprint density at radius 3 is 2.57 bits per heavy atom. The summed E-state index contributed by atoms with van der Waals surface area (Å²) in [6.45, 7) is 1.80. The van der Waals surface area contributed by atoms with Crippen LogP contribution in [0.3, 0.4) is 0 Å². The van der Waals surface area contributed by atoms with E-state index in [-0.39, 0.29) is 16.8 Å². The number of rotatable bonds is 7. The minimum atomic E-state index is -0.455. The molecule has 1 unspecified atom stereocenters. The van der Waals surface area contributed by atoms with E-state index in [4.69, 9.17) is 27.9 Å². The molecule has 3 aromatic rings. The van der Waals surface area contributed by atoms with Crippen molar-refractivity contribution >= 4 is 74.8 Å². The van der Waals surface area contributed by atoms with Crippen molar-refractivity contribution in [3.63, 3.8) is 0 Å². The number of nitrogens with one attached hydrogen (secondary N) is 2. The van der Waals surface area contributed by atoms with Crippen molar-refractivity contribution in [2.75, 3.05) is 17.7 Å². The molecule has 0 saturated heterocycles. The van der Waals surface area contributed by atoms with Gasteiger partial charge in [0.2, 0.25) is 5.91 Å². The summed E-state index contributed by atoms with van der Waals surface area (Å²) < 4.78 is 5.03. The van der Waals surface area contributed by atoms with Crippen LogP contribution in [0.4, 0.5) is 10.7 Å². The van der Waals surface area contributed by atoms with Crippen LogP contribution < -0.4 is 10.6 Å². The number of hydrogen-bond acceptors (Lipinski definition) is 6. The molecule has 6 nitrogen and oxygen atoms in total. The van der Waals surface area contributed by atoms with Gasteiger partial charge in [0, 0.05) is 20.5 Å². The van der Waals surface area contributed by atoms with Gasteiger partial charge in [-0.3, -0.25) is 9.59 Å². The summed E-state index contributed by atoms with van der Waals surface area (Å²) >= 11 is 14.9. The molecule has 0 spiro atoms. The molecule has 1 heterocycles. The van der Waals surface area contributed by atoms with Gasteiger partial charge in [0.1, 0.15) is 5.00 Å². The summed E-state index contributed by atoms with van der Waals surface area (Å²) in [5, 5.41) is 6.60. The maximum atomic E-state index is 13.1. The monoisotopic (exact) mass is 576 g/mol. The molecular formula is C27H26Cl2N2O4S2. The Balaban J connectivity index is 1.45. The summed E-state index contributed by atoms with van der Waals surface area (Å²) in [4.78, 5) is 40.3. The van der Waals surface area contributed by atoms with Crippen LogP contribution in [0.5, 0.6) is 0 Å². The number of hydrogen-bond donors (Lipinski definition) is 2. The number of thiophene rings is 1. The van der Waals surface area contributed by atoms with E-state index in [2.05, 4.69) is 10.6 Å². The van der Waals surface area contributed by atoms with Crippen LogP contribution >= 0.6 is 46.3 Å². The van der Waals surface area contributed by atoms with E-state index >= 15 is 0 Å². The van der Waals surface area contributed by atoms with Crippen molar-refractivity contribution in [2.45, 2.75) is 49.2 Å². The summed E-state index contributed by atoms with van der Waals surface area (Å²) in [6.07, 6.45) is 4.94. The fraction of sp³-hybridized carbons (Fsp3) is 0.296. The number of esters is 1. The first-order chi connectivity index (χ1) is 17.8. The molecule has 0 saturated carbocycles. The molecule has 0 bridgehead atoms. The Bertz CT molecular complexity index is 1340. The van der Waals surface area contributed by atoms with Crippen molar-refractivity contribution < 1.29 is 19.1 Å². The van der Waals surface area contributed by atoms with Crippen LogP contribution in [0.2, 0.25) is 10.0 Å². The van der Waals surface area contributed by atoms with Crippen LogP contribution in [0.1, 0.15) is 57.3 Å². The number of ether oxygens (including phenoxy) is 1. The predicted octanol–water partition coefficient (Wildman–Crippen LogP) is 7.48. The molecule has 2 amide bonds. The van der Waals surface area contributed by atoms with Crippen LogP contribution in [0.25, 0.3) is 0 Å². The van der Waals surface area contributed by atoms with Gasteiger partial charge in [0.25, 0.3) is 5.91 Å². The molecule has 10 heteroatoms. The number of aryl methyl sites for hydroxylation is 1. The highest BCUT2D eigenvalue weighted by Crippen LogP contribution is 2.38. The van der Waals surface area contributed by atoms with Gasteiger partial charge >= 0.3 is 5.97 Å². The van der Waals surface area contributed by atoms with Gasteiger partial charge in [-0.2, -0.15) is 0 Å². The highest BCUT2D eigenvalue weighted by molar-refractivity contribution is 8.00. The van der Waals surface area contributed by atoms with Crippen LogP contribution in [0, 0.1) is 0 Å². The van der Waals surface area contributed by atoms with Gasteiger partial charge in [0.05, 0.1) is 28.5 Å². The lowest BCUT2D eigenvalue weighted by Crippen LogP contribution is -2.23. The van der Waals surface area contributed by atoms with Crippen molar-refractivity contribution in [1.82, 2.24) is 0 Å². The predicted molar refractivity (Wildman–Crippen MR) is 152 cm³/mol. The maximum Gasteiger partial charge on any atom is 0.341 e. The number of halogens is 2. The third kappa shape index (κ3) is 6.68. The Labute approximate surface area is 234 Å². The van der Waals surface area contributed by atoms with E-state index in [1.54, 1.807) is 37.3 Å². The summed E-state index contributed by atoms with van der Waals surface area (Å²) in [7, 11) is 1.36. The van der Waals surface area contributed by atoms with Gasteiger partial charge in [0.15, 0.2) is 0 Å². The highest BCUT2D eigenvalue weighted by atomic mass is 35.5. The molecule has 2 N–H and O–H groups in total. The smallest absolute Gasteiger partial charge is 0.341 e. The van der Waals surface area contributed by atoms with E-state index < -0.39 is 11.2 Å². The van der Waals surface area contributed by atoms with Crippen molar-refractivity contribution in [3.8, 4) is 0 Å². The third-order valence-electron chi connectivity index (χ3n) is 6.00. The largest absolute Gasteiger partial charge is 0.465 e. The van der Waals surface area contributed by atoms with Gasteiger partial charge in [-0.1, -0.05) is 35.7 Å². The SMILES string of the molecule is COC(=O)c1c(NC(=O)C(C)Sc2cccc(NC(=O)c3ccc(Cl)cc3Cl)c2)sc2c1CCCCC2. The van der Waals surface area contributed by atoms with E-state index in [1.165, 1.54) is 36.3 Å². The summed E-state index contributed by atoms with van der Waals surface area (Å²) in [6, 6.07) is 11.9. The molecule has 1 aromatic heterocycles. The van der Waals surface area contributed by atoms with E-state index in [0.717, 1.165) is 47.4 Å². The standard InChI is InChI=1S/C27H26Cl2N2O4S2/c1-15(24(32)31-26-23(27(34)35-2)20-9-4-3-5-10-22(20)37-26)36-18-8-6-7-17(14-18)30-25(33)19-12-11-16(28)13-21(19)29/h6-8,11-15H,3-5,9-10H2,1-2H3,(H,30,33)(H,31,32). The quantitative estimate of drug-likeness (QED) is 0.173. The molecular weight excluding hydrogens is 551 g/mol. The number of carbonyl (C=O) groups is 3. The van der Waals surface area contributed by atoms with E-state index in [1.807, 2.05) is 6.07 Å². The number of carbonyl (C=O) groups excluding carboxylic acids is 3. The lowest BCUT2D eigenvalue weighted by Gasteiger charge is -2.13. The zero-order valence-electron chi connectivity index (χ0n) is 20.4. The molecule has 1 aliphatic rings. The lowest BCUT2D eigenvalue weighted by molar-refractivity contribution is -0.115. The zero-order valence-corrected chi connectivity index (χ0v) is 23.5. The number of methoxy groups -OCH3 is 1. The number of thioether (sulfide) groups is 1. The molecule has 0 aliphatic heterocycles. The first-order valence-corrected chi connectivity index (χ1v) is 14.3. The number of amides is 2. The number of benzene rings is 2. The molecule has 0 radical (unpaired) electrons. The van der Waals surface area contributed by atoms with Crippen molar-refractivity contribution in [1.29, 1.82) is 0 Å². The normalized spacial score (nSPS) is 13.7. The third-order valence-corrected chi connectivity index (χ3v) is 8.85.